The van der Waals surface area contributed by atoms with Crippen molar-refractivity contribution in [1.29, 1.82) is 0 Å². The maximum absolute atomic E-state index is 11.5. The minimum Gasteiger partial charge on any atom is -0.466 e. The maximum atomic E-state index is 11.5. The molecule has 1 aliphatic rings. The van der Waals surface area contributed by atoms with Crippen LogP contribution in [0.4, 0.5) is 0 Å². The van der Waals surface area contributed by atoms with Gasteiger partial charge in [-0.3, -0.25) is 4.79 Å². The van der Waals surface area contributed by atoms with Crippen molar-refractivity contribution in [3.05, 3.63) is 24.2 Å². The molecule has 2 rings (SSSR count). The molecule has 0 radical (unpaired) electrons. The van der Waals surface area contributed by atoms with Gasteiger partial charge in [0.1, 0.15) is 0 Å². The standard InChI is InChI=1S/C13H18O6/c1-2-16-12(15)7-9-6-10(8-14)19-13(18-9)11-4-3-5-17-11/h3-5,9-10,13-14H,2,6-8H2,1H3/t9-,10+,13?/m1/s1. The minimum absolute atomic E-state index is 0.125. The van der Waals surface area contributed by atoms with Crippen molar-refractivity contribution in [3.8, 4) is 0 Å². The first kappa shape index (κ1) is 14.0. The fraction of sp³-hybridized carbons (Fsp3) is 0.615. The first-order chi connectivity index (χ1) is 9.22. The van der Waals surface area contributed by atoms with E-state index in [1.807, 2.05) is 0 Å². The lowest BCUT2D eigenvalue weighted by molar-refractivity contribution is -0.261. The summed E-state index contributed by atoms with van der Waals surface area (Å²) in [6.45, 7) is 1.97. The van der Waals surface area contributed by atoms with Gasteiger partial charge >= 0.3 is 5.97 Å². The summed E-state index contributed by atoms with van der Waals surface area (Å²) in [5.74, 6) is 0.205. The van der Waals surface area contributed by atoms with Crippen LogP contribution in [0.1, 0.15) is 31.8 Å². The van der Waals surface area contributed by atoms with Crippen LogP contribution in [0.25, 0.3) is 0 Å². The third-order valence-electron chi connectivity index (χ3n) is 2.84. The molecule has 3 atom stereocenters. The zero-order valence-electron chi connectivity index (χ0n) is 10.8. The Morgan fingerprint density at radius 3 is 2.89 bits per heavy atom. The Kier molecular flexibility index (Phi) is 4.95. The third-order valence-corrected chi connectivity index (χ3v) is 2.84. The van der Waals surface area contributed by atoms with E-state index in [4.69, 9.17) is 18.6 Å². The van der Waals surface area contributed by atoms with Crippen LogP contribution in [-0.2, 0) is 19.0 Å². The van der Waals surface area contributed by atoms with E-state index < -0.39 is 6.29 Å². The minimum atomic E-state index is -0.694. The maximum Gasteiger partial charge on any atom is 0.308 e. The van der Waals surface area contributed by atoms with Gasteiger partial charge in [0, 0.05) is 6.42 Å². The molecule has 0 spiro atoms. The molecular formula is C13H18O6. The highest BCUT2D eigenvalue weighted by molar-refractivity contribution is 5.69. The molecule has 0 aliphatic carbocycles. The summed E-state index contributed by atoms with van der Waals surface area (Å²) in [6, 6.07) is 3.46. The summed E-state index contributed by atoms with van der Waals surface area (Å²) in [5, 5.41) is 9.23. The molecule has 1 aromatic heterocycles. The van der Waals surface area contributed by atoms with Crippen molar-refractivity contribution in [1.82, 2.24) is 0 Å². The second-order valence-electron chi connectivity index (χ2n) is 4.29. The van der Waals surface area contributed by atoms with Crippen LogP contribution in [0.3, 0.4) is 0 Å². The molecule has 0 amide bonds. The average Bonchev–Trinajstić information content (AvgIpc) is 2.92. The molecule has 0 aromatic carbocycles. The molecule has 1 N–H and O–H groups in total. The second-order valence-corrected chi connectivity index (χ2v) is 4.29. The lowest BCUT2D eigenvalue weighted by atomic mass is 10.1. The normalized spacial score (nSPS) is 27.2. The van der Waals surface area contributed by atoms with Crippen LogP contribution in [0.2, 0.25) is 0 Å². The highest BCUT2D eigenvalue weighted by Crippen LogP contribution is 2.31. The smallest absolute Gasteiger partial charge is 0.308 e. The van der Waals surface area contributed by atoms with Crippen molar-refractivity contribution >= 4 is 5.97 Å². The van der Waals surface area contributed by atoms with Gasteiger partial charge in [0.05, 0.1) is 38.1 Å². The van der Waals surface area contributed by atoms with E-state index >= 15 is 0 Å². The molecular weight excluding hydrogens is 252 g/mol. The van der Waals surface area contributed by atoms with Gasteiger partial charge in [-0.1, -0.05) is 0 Å². The van der Waals surface area contributed by atoms with Gasteiger partial charge in [-0.2, -0.15) is 0 Å². The lowest BCUT2D eigenvalue weighted by Gasteiger charge is -2.33. The van der Waals surface area contributed by atoms with E-state index in [1.165, 1.54) is 6.26 Å². The summed E-state index contributed by atoms with van der Waals surface area (Å²) in [6.07, 6.45) is 0.700. The lowest BCUT2D eigenvalue weighted by Crippen LogP contribution is -2.37. The Morgan fingerprint density at radius 2 is 2.26 bits per heavy atom. The fourth-order valence-corrected chi connectivity index (χ4v) is 2.00. The molecule has 1 saturated heterocycles. The highest BCUT2D eigenvalue weighted by Gasteiger charge is 2.33. The van der Waals surface area contributed by atoms with Crippen LogP contribution >= 0.6 is 0 Å². The number of esters is 1. The van der Waals surface area contributed by atoms with Gasteiger partial charge < -0.3 is 23.7 Å². The zero-order valence-corrected chi connectivity index (χ0v) is 10.8. The van der Waals surface area contributed by atoms with Gasteiger partial charge in [0.15, 0.2) is 5.76 Å². The van der Waals surface area contributed by atoms with Crippen LogP contribution in [0, 0.1) is 0 Å². The van der Waals surface area contributed by atoms with Crippen molar-refractivity contribution in [2.24, 2.45) is 0 Å². The molecule has 1 fully saturated rings. The van der Waals surface area contributed by atoms with Gasteiger partial charge in [-0.15, -0.1) is 0 Å². The molecule has 0 bridgehead atoms. The highest BCUT2D eigenvalue weighted by atomic mass is 16.7. The number of hydrogen-bond donors (Lipinski definition) is 1. The average molecular weight is 270 g/mol. The Bertz CT molecular complexity index is 388. The van der Waals surface area contributed by atoms with Crippen LogP contribution in [0.5, 0.6) is 0 Å². The van der Waals surface area contributed by atoms with E-state index in [0.29, 0.717) is 18.8 Å². The molecule has 1 aliphatic heterocycles. The third kappa shape index (κ3) is 3.79. The van der Waals surface area contributed by atoms with Crippen LogP contribution in [-0.4, -0.2) is 36.5 Å². The Hall–Kier alpha value is -1.37. The van der Waals surface area contributed by atoms with Crippen molar-refractivity contribution < 1.29 is 28.5 Å². The van der Waals surface area contributed by atoms with Crippen molar-refractivity contribution in [2.45, 2.75) is 38.3 Å². The van der Waals surface area contributed by atoms with Crippen molar-refractivity contribution in [3.63, 3.8) is 0 Å². The molecule has 19 heavy (non-hydrogen) atoms. The van der Waals surface area contributed by atoms with E-state index in [1.54, 1.807) is 19.1 Å². The quantitative estimate of drug-likeness (QED) is 0.815. The second kappa shape index (κ2) is 6.70. The monoisotopic (exact) mass is 270 g/mol. The first-order valence-electron chi connectivity index (χ1n) is 6.33. The summed E-state index contributed by atoms with van der Waals surface area (Å²) in [4.78, 5) is 11.5. The Balaban J connectivity index is 1.98. The molecule has 6 nitrogen and oxygen atoms in total. The van der Waals surface area contributed by atoms with Gasteiger partial charge in [-0.25, -0.2) is 0 Å². The molecule has 6 heteroatoms. The summed E-state index contributed by atoms with van der Waals surface area (Å²) in [7, 11) is 0. The first-order valence-corrected chi connectivity index (χ1v) is 6.33. The number of aliphatic hydroxyl groups excluding tert-OH is 1. The summed E-state index contributed by atoms with van der Waals surface area (Å²) >= 11 is 0. The fourth-order valence-electron chi connectivity index (χ4n) is 2.00. The van der Waals surface area contributed by atoms with E-state index in [9.17, 15) is 9.90 Å². The predicted molar refractivity (Wildman–Crippen MR) is 64.1 cm³/mol. The number of carbonyl (C=O) groups is 1. The van der Waals surface area contributed by atoms with E-state index in [-0.39, 0.29) is 31.2 Å². The molecule has 1 aromatic rings. The number of rotatable bonds is 5. The van der Waals surface area contributed by atoms with Crippen LogP contribution in [0.15, 0.2) is 22.8 Å². The molecule has 2 heterocycles. The summed E-state index contributed by atoms with van der Waals surface area (Å²) < 4.78 is 21.3. The Labute approximate surface area is 111 Å². The van der Waals surface area contributed by atoms with Gasteiger partial charge in [-0.05, 0) is 19.1 Å². The number of furan rings is 1. The predicted octanol–water partition coefficient (Wildman–Crippen LogP) is 1.40. The Morgan fingerprint density at radius 1 is 1.47 bits per heavy atom. The zero-order chi connectivity index (χ0) is 13.7. The molecule has 106 valence electrons. The molecule has 0 saturated carbocycles. The van der Waals surface area contributed by atoms with Gasteiger partial charge in [0.25, 0.3) is 0 Å². The topological polar surface area (TPSA) is 78.1 Å². The SMILES string of the molecule is CCOC(=O)C[C@H]1C[C@@H](CO)OC(c2ccco2)O1. The van der Waals surface area contributed by atoms with Crippen molar-refractivity contribution in [2.75, 3.05) is 13.2 Å². The number of aliphatic hydroxyl groups is 1. The van der Waals surface area contributed by atoms with E-state index in [2.05, 4.69) is 0 Å². The largest absolute Gasteiger partial charge is 0.466 e. The number of hydrogen-bond acceptors (Lipinski definition) is 6. The van der Waals surface area contributed by atoms with Gasteiger partial charge in [0.2, 0.25) is 6.29 Å². The van der Waals surface area contributed by atoms with Crippen LogP contribution < -0.4 is 0 Å². The van der Waals surface area contributed by atoms with E-state index in [0.717, 1.165) is 0 Å². The number of carbonyl (C=O) groups excluding carboxylic acids is 1. The summed E-state index contributed by atoms with van der Waals surface area (Å²) in [5.41, 5.74) is 0. The molecule has 1 unspecified atom stereocenters. The number of ether oxygens (including phenoxy) is 3.